The van der Waals surface area contributed by atoms with Gasteiger partial charge in [0.25, 0.3) is 0 Å². The molecule has 38 heavy (non-hydrogen) atoms. The lowest BCUT2D eigenvalue weighted by molar-refractivity contribution is 0.104. The third-order valence-electron chi connectivity index (χ3n) is 5.88. The van der Waals surface area contributed by atoms with Gasteiger partial charge in [0.1, 0.15) is 0 Å². The molecule has 8 nitrogen and oxygen atoms in total. The van der Waals surface area contributed by atoms with Crippen LogP contribution in [0.4, 0.5) is 10.1 Å². The van der Waals surface area contributed by atoms with Crippen LogP contribution in [0.2, 0.25) is 0 Å². The first-order chi connectivity index (χ1) is 18.4. The minimum Gasteiger partial charge on any atom is -0.494 e. The molecule has 9 heteroatoms. The first kappa shape index (κ1) is 28.2. The van der Waals surface area contributed by atoms with Gasteiger partial charge in [0.05, 0.1) is 48.3 Å². The van der Waals surface area contributed by atoms with Crippen LogP contribution in [0.25, 0.3) is 0 Å². The van der Waals surface area contributed by atoms with Crippen molar-refractivity contribution in [1.82, 2.24) is 0 Å². The van der Waals surface area contributed by atoms with Crippen LogP contribution in [-0.2, 0) is 12.8 Å². The van der Waals surface area contributed by atoms with Gasteiger partial charge < -0.3 is 33.7 Å². The van der Waals surface area contributed by atoms with Gasteiger partial charge in [-0.1, -0.05) is 0 Å². The number of carbonyl (C=O) groups is 1. The zero-order valence-electron chi connectivity index (χ0n) is 22.3. The highest BCUT2D eigenvalue weighted by molar-refractivity contribution is 6.04. The number of nitrogens with one attached hydrogen (secondary N) is 1. The molecule has 3 rings (SSSR count). The van der Waals surface area contributed by atoms with Crippen molar-refractivity contribution in [2.45, 2.75) is 12.8 Å². The van der Waals surface area contributed by atoms with Gasteiger partial charge in [-0.3, -0.25) is 4.79 Å². The molecule has 202 valence electrons. The van der Waals surface area contributed by atoms with Crippen molar-refractivity contribution in [3.8, 4) is 34.5 Å². The number of anilines is 1. The summed E-state index contributed by atoms with van der Waals surface area (Å²) in [5, 5.41) is 3.09. The smallest absolute Gasteiger partial charge is 0.203 e. The number of aryl methyl sites for hydroxylation is 2. The van der Waals surface area contributed by atoms with Gasteiger partial charge in [0.15, 0.2) is 40.3 Å². The summed E-state index contributed by atoms with van der Waals surface area (Å²) < 4.78 is 46.3. The van der Waals surface area contributed by atoms with Gasteiger partial charge in [-0.15, -0.1) is 0 Å². The molecule has 0 saturated heterocycles. The van der Waals surface area contributed by atoms with E-state index in [1.165, 1.54) is 38.6 Å². The Morgan fingerprint density at radius 3 is 1.74 bits per heavy atom. The fraction of sp³-hybridized carbons (Fsp3) is 0.276. The lowest BCUT2D eigenvalue weighted by atomic mass is 10.0. The maximum absolute atomic E-state index is 14.0. The molecule has 0 aliphatic carbocycles. The third-order valence-corrected chi connectivity index (χ3v) is 5.88. The topological polar surface area (TPSA) is 84.5 Å². The standard InChI is InChI=1S/C29H32FNO7/c1-33-24-10-9-20(17-21(24)30)23(32)11-12-31-22-13-18(14-25(34-2)28(22)37-5)7-8-19-15-26(35-3)29(38-6)27(16-19)36-4/h9-17,31H,7-8H2,1-6H3/b12-11-. The highest BCUT2D eigenvalue weighted by Gasteiger charge is 2.15. The summed E-state index contributed by atoms with van der Waals surface area (Å²) >= 11 is 0. The Morgan fingerprint density at radius 2 is 1.24 bits per heavy atom. The van der Waals surface area contributed by atoms with Crippen molar-refractivity contribution < 1.29 is 37.6 Å². The summed E-state index contributed by atoms with van der Waals surface area (Å²) in [4.78, 5) is 12.5. The normalized spacial score (nSPS) is 10.7. The first-order valence-electron chi connectivity index (χ1n) is 11.7. The van der Waals surface area contributed by atoms with Crippen LogP contribution in [0.3, 0.4) is 0 Å². The summed E-state index contributed by atoms with van der Waals surface area (Å²) in [5.74, 6) is 1.82. The quantitative estimate of drug-likeness (QED) is 0.232. The molecule has 0 spiro atoms. The number of rotatable bonds is 13. The molecule has 0 saturated carbocycles. The molecular weight excluding hydrogens is 493 g/mol. The largest absolute Gasteiger partial charge is 0.494 e. The maximum atomic E-state index is 14.0. The molecule has 0 aliphatic rings. The van der Waals surface area contributed by atoms with Crippen molar-refractivity contribution in [1.29, 1.82) is 0 Å². The average Bonchev–Trinajstić information content (AvgIpc) is 2.94. The van der Waals surface area contributed by atoms with Crippen molar-refractivity contribution in [3.05, 3.63) is 77.2 Å². The van der Waals surface area contributed by atoms with Gasteiger partial charge in [0, 0.05) is 17.8 Å². The van der Waals surface area contributed by atoms with E-state index in [0.29, 0.717) is 47.3 Å². The zero-order chi connectivity index (χ0) is 27.7. The molecule has 0 bridgehead atoms. The lowest BCUT2D eigenvalue weighted by Gasteiger charge is -2.16. The second-order valence-electron chi connectivity index (χ2n) is 8.10. The van der Waals surface area contributed by atoms with E-state index in [1.807, 2.05) is 24.3 Å². The van der Waals surface area contributed by atoms with Gasteiger partial charge in [-0.05, 0) is 66.4 Å². The molecule has 0 aromatic heterocycles. The average molecular weight is 526 g/mol. The van der Waals surface area contributed by atoms with Crippen LogP contribution < -0.4 is 33.7 Å². The number of halogens is 1. The van der Waals surface area contributed by atoms with Crippen LogP contribution in [-0.4, -0.2) is 48.4 Å². The van der Waals surface area contributed by atoms with E-state index >= 15 is 0 Å². The van der Waals surface area contributed by atoms with Crippen LogP contribution in [0, 0.1) is 5.82 Å². The Balaban J connectivity index is 1.81. The van der Waals surface area contributed by atoms with E-state index < -0.39 is 5.82 Å². The predicted molar refractivity (Wildman–Crippen MR) is 143 cm³/mol. The Labute approximate surface area is 221 Å². The van der Waals surface area contributed by atoms with Crippen molar-refractivity contribution >= 4 is 11.5 Å². The Morgan fingerprint density at radius 1 is 0.711 bits per heavy atom. The van der Waals surface area contributed by atoms with Gasteiger partial charge in [-0.25, -0.2) is 4.39 Å². The Bertz CT molecular complexity index is 1280. The van der Waals surface area contributed by atoms with Crippen LogP contribution >= 0.6 is 0 Å². The third kappa shape index (κ3) is 6.47. The monoisotopic (exact) mass is 525 g/mol. The van der Waals surface area contributed by atoms with Crippen molar-refractivity contribution in [2.24, 2.45) is 0 Å². The number of hydrogen-bond donors (Lipinski definition) is 1. The fourth-order valence-corrected chi connectivity index (χ4v) is 3.96. The molecule has 3 aromatic rings. The summed E-state index contributed by atoms with van der Waals surface area (Å²) in [6.45, 7) is 0. The number of ketones is 1. The van der Waals surface area contributed by atoms with Crippen molar-refractivity contribution in [3.63, 3.8) is 0 Å². The minimum absolute atomic E-state index is 0.0730. The van der Waals surface area contributed by atoms with Crippen LogP contribution in [0.5, 0.6) is 34.5 Å². The molecular formula is C29H32FNO7. The summed E-state index contributed by atoms with van der Waals surface area (Å²) in [6, 6.07) is 11.7. The zero-order valence-corrected chi connectivity index (χ0v) is 22.3. The first-order valence-corrected chi connectivity index (χ1v) is 11.7. The van der Waals surface area contributed by atoms with Gasteiger partial charge >= 0.3 is 0 Å². The van der Waals surface area contributed by atoms with E-state index in [4.69, 9.17) is 28.4 Å². The Hall–Kier alpha value is -4.40. The fourth-order valence-electron chi connectivity index (χ4n) is 3.96. The molecule has 0 fully saturated rings. The van der Waals surface area contributed by atoms with E-state index in [1.54, 1.807) is 28.4 Å². The highest BCUT2D eigenvalue weighted by Crippen LogP contribution is 2.39. The Kier molecular flexibility index (Phi) is 9.81. The van der Waals surface area contributed by atoms with Gasteiger partial charge in [0.2, 0.25) is 5.75 Å². The maximum Gasteiger partial charge on any atom is 0.203 e. The summed E-state index contributed by atoms with van der Waals surface area (Å²) in [6.07, 6.45) is 4.14. The molecule has 0 amide bonds. The molecule has 0 radical (unpaired) electrons. The number of carbonyl (C=O) groups excluding carboxylic acids is 1. The van der Waals surface area contributed by atoms with E-state index in [9.17, 15) is 9.18 Å². The van der Waals surface area contributed by atoms with Crippen LogP contribution in [0.15, 0.2) is 54.7 Å². The highest BCUT2D eigenvalue weighted by atomic mass is 19.1. The molecule has 0 atom stereocenters. The number of allylic oxidation sites excluding steroid dienone is 1. The van der Waals surface area contributed by atoms with E-state index in [2.05, 4.69) is 5.32 Å². The number of benzene rings is 3. The minimum atomic E-state index is -0.606. The molecule has 0 heterocycles. The lowest BCUT2D eigenvalue weighted by Crippen LogP contribution is -2.02. The summed E-state index contributed by atoms with van der Waals surface area (Å²) in [7, 11) is 9.18. The molecule has 3 aromatic carbocycles. The summed E-state index contributed by atoms with van der Waals surface area (Å²) in [5.41, 5.74) is 2.78. The second-order valence-corrected chi connectivity index (χ2v) is 8.10. The molecule has 0 unspecified atom stereocenters. The number of hydrogen-bond acceptors (Lipinski definition) is 8. The molecule has 1 N–H and O–H groups in total. The SMILES string of the molecule is COc1ccc(C(=O)/C=C\Nc2cc(CCc3cc(OC)c(OC)c(OC)c3)cc(OC)c2OC)cc1F. The predicted octanol–water partition coefficient (Wildman–Crippen LogP) is 5.47. The number of methoxy groups -OCH3 is 6. The van der Waals surface area contributed by atoms with Gasteiger partial charge in [-0.2, -0.15) is 0 Å². The van der Waals surface area contributed by atoms with Crippen LogP contribution in [0.1, 0.15) is 21.5 Å². The second kappa shape index (κ2) is 13.2. The van der Waals surface area contributed by atoms with E-state index in [-0.39, 0.29) is 17.1 Å². The van der Waals surface area contributed by atoms with E-state index in [0.717, 1.165) is 17.2 Å². The van der Waals surface area contributed by atoms with Crippen molar-refractivity contribution in [2.75, 3.05) is 48.0 Å². The number of ether oxygens (including phenoxy) is 6. The molecule has 0 aliphatic heterocycles.